The van der Waals surface area contributed by atoms with Crippen molar-refractivity contribution < 1.29 is 17.9 Å². The Hall–Kier alpha value is -1.27. The molecule has 0 saturated heterocycles. The molecule has 1 unspecified atom stereocenters. The highest BCUT2D eigenvalue weighted by molar-refractivity contribution is 5.56. The topological polar surface area (TPSA) is 24.5 Å². The molecule has 6 heteroatoms. The van der Waals surface area contributed by atoms with Gasteiger partial charge in [0.2, 0.25) is 0 Å². The average Bonchev–Trinajstić information content (AvgIpc) is 2.37. The second-order valence-corrected chi connectivity index (χ2v) is 4.79. The van der Waals surface area contributed by atoms with Crippen molar-refractivity contribution >= 4 is 5.69 Å². The maximum Gasteiger partial charge on any atom is 0.418 e. The monoisotopic (exact) mass is 290 g/mol. The molecule has 0 amide bonds. The molecule has 20 heavy (non-hydrogen) atoms. The fourth-order valence-corrected chi connectivity index (χ4v) is 2.02. The van der Waals surface area contributed by atoms with Crippen LogP contribution in [0.15, 0.2) is 18.2 Å². The summed E-state index contributed by atoms with van der Waals surface area (Å²) in [5.41, 5.74) is 0.161. The van der Waals surface area contributed by atoms with Crippen LogP contribution in [-0.2, 0) is 17.5 Å². The summed E-state index contributed by atoms with van der Waals surface area (Å²) in [4.78, 5) is 1.59. The van der Waals surface area contributed by atoms with Gasteiger partial charge in [0.25, 0.3) is 0 Å². The number of hydrogen-bond acceptors (Lipinski definition) is 3. The van der Waals surface area contributed by atoms with Crippen LogP contribution in [0.3, 0.4) is 0 Å². The molecule has 1 atom stereocenters. The van der Waals surface area contributed by atoms with Gasteiger partial charge in [-0.2, -0.15) is 13.2 Å². The Kier molecular flexibility index (Phi) is 5.83. The van der Waals surface area contributed by atoms with Crippen molar-refractivity contribution in [3.8, 4) is 0 Å². The molecule has 0 aromatic heterocycles. The highest BCUT2D eigenvalue weighted by atomic mass is 19.4. The largest absolute Gasteiger partial charge is 0.418 e. The lowest BCUT2D eigenvalue weighted by Crippen LogP contribution is -2.34. The number of halogens is 3. The van der Waals surface area contributed by atoms with Crippen LogP contribution in [0.1, 0.15) is 18.1 Å². The molecular weight excluding hydrogens is 269 g/mol. The van der Waals surface area contributed by atoms with Gasteiger partial charge < -0.3 is 15.0 Å². The maximum atomic E-state index is 13.2. The molecule has 0 aliphatic heterocycles. The van der Waals surface area contributed by atoms with Crippen molar-refractivity contribution in [2.45, 2.75) is 25.7 Å². The smallest absolute Gasteiger partial charge is 0.383 e. The third kappa shape index (κ3) is 4.11. The van der Waals surface area contributed by atoms with E-state index in [1.807, 2.05) is 6.92 Å². The number of anilines is 1. The van der Waals surface area contributed by atoms with Crippen molar-refractivity contribution in [1.82, 2.24) is 5.32 Å². The maximum absolute atomic E-state index is 13.2. The summed E-state index contributed by atoms with van der Waals surface area (Å²) >= 11 is 0. The first kappa shape index (κ1) is 16.8. The number of ether oxygens (including phenoxy) is 1. The molecule has 0 aliphatic carbocycles. The van der Waals surface area contributed by atoms with Crippen LogP contribution in [0.2, 0.25) is 0 Å². The van der Waals surface area contributed by atoms with E-state index in [1.54, 1.807) is 25.1 Å². The summed E-state index contributed by atoms with van der Waals surface area (Å²) in [6.45, 7) is 2.60. The minimum absolute atomic E-state index is 0.142. The highest BCUT2D eigenvalue weighted by Crippen LogP contribution is 2.37. The van der Waals surface area contributed by atoms with Crippen LogP contribution in [0.4, 0.5) is 18.9 Å². The lowest BCUT2D eigenvalue weighted by Gasteiger charge is -2.29. The summed E-state index contributed by atoms with van der Waals surface area (Å²) < 4.78 is 44.6. The van der Waals surface area contributed by atoms with E-state index in [0.717, 1.165) is 0 Å². The fraction of sp³-hybridized carbons (Fsp3) is 0.571. The second kappa shape index (κ2) is 6.95. The number of alkyl halides is 3. The van der Waals surface area contributed by atoms with Crippen LogP contribution in [0, 0.1) is 0 Å². The second-order valence-electron chi connectivity index (χ2n) is 4.79. The fourth-order valence-electron chi connectivity index (χ4n) is 2.02. The molecular formula is C14H21F3N2O. The zero-order chi connectivity index (χ0) is 15.3. The number of nitrogens with one attached hydrogen (secondary N) is 1. The van der Waals surface area contributed by atoms with Crippen molar-refractivity contribution in [2.24, 2.45) is 0 Å². The van der Waals surface area contributed by atoms with Gasteiger partial charge >= 0.3 is 6.18 Å². The third-order valence-corrected chi connectivity index (χ3v) is 3.20. The molecule has 0 saturated carbocycles. The van der Waals surface area contributed by atoms with Crippen LogP contribution >= 0.6 is 0 Å². The van der Waals surface area contributed by atoms with Crippen LogP contribution in [-0.4, -0.2) is 33.9 Å². The van der Waals surface area contributed by atoms with E-state index in [9.17, 15) is 13.2 Å². The molecule has 0 heterocycles. The van der Waals surface area contributed by atoms with Crippen LogP contribution < -0.4 is 10.2 Å². The van der Waals surface area contributed by atoms with E-state index < -0.39 is 11.7 Å². The van der Waals surface area contributed by atoms with Crippen molar-refractivity contribution in [1.29, 1.82) is 0 Å². The SMILES string of the molecule is CNCc1ccc(N(C)C(C)COC)c(C(F)(F)F)c1. The number of nitrogens with zero attached hydrogens (tertiary/aromatic N) is 1. The average molecular weight is 290 g/mol. The van der Waals surface area contributed by atoms with Gasteiger partial charge in [0, 0.05) is 32.4 Å². The first-order chi connectivity index (χ1) is 9.31. The van der Waals surface area contributed by atoms with Gasteiger partial charge in [-0.05, 0) is 31.7 Å². The van der Waals surface area contributed by atoms with E-state index in [-0.39, 0.29) is 11.7 Å². The van der Waals surface area contributed by atoms with E-state index >= 15 is 0 Å². The molecule has 1 rings (SSSR count). The van der Waals surface area contributed by atoms with Gasteiger partial charge in [-0.1, -0.05) is 6.07 Å². The van der Waals surface area contributed by atoms with E-state index in [0.29, 0.717) is 18.7 Å². The molecule has 1 N–H and O–H groups in total. The van der Waals surface area contributed by atoms with Crippen LogP contribution in [0.5, 0.6) is 0 Å². The summed E-state index contributed by atoms with van der Waals surface area (Å²) in [6, 6.07) is 4.27. The molecule has 3 nitrogen and oxygen atoms in total. The van der Waals surface area contributed by atoms with Gasteiger partial charge in [0.15, 0.2) is 0 Å². The van der Waals surface area contributed by atoms with E-state index in [1.165, 1.54) is 19.2 Å². The standard InChI is InChI=1S/C14H21F3N2O/c1-10(9-20-4)19(3)13-6-5-11(8-18-2)7-12(13)14(15,16)17/h5-7,10,18H,8-9H2,1-4H3. The minimum atomic E-state index is -4.37. The molecule has 0 aliphatic rings. The lowest BCUT2D eigenvalue weighted by molar-refractivity contribution is -0.137. The van der Waals surface area contributed by atoms with Crippen LogP contribution in [0.25, 0.3) is 0 Å². The summed E-state index contributed by atoms with van der Waals surface area (Å²) in [7, 11) is 4.88. The summed E-state index contributed by atoms with van der Waals surface area (Å²) in [5, 5.41) is 2.85. The Bertz CT molecular complexity index is 435. The van der Waals surface area contributed by atoms with Crippen molar-refractivity contribution in [3.63, 3.8) is 0 Å². The van der Waals surface area contributed by atoms with Gasteiger partial charge in [0.1, 0.15) is 0 Å². The Morgan fingerprint density at radius 1 is 1.35 bits per heavy atom. The number of rotatable bonds is 6. The number of benzene rings is 1. The minimum Gasteiger partial charge on any atom is -0.383 e. The Morgan fingerprint density at radius 2 is 2.00 bits per heavy atom. The quantitative estimate of drug-likeness (QED) is 0.872. The Labute approximate surface area is 117 Å². The van der Waals surface area contributed by atoms with Gasteiger partial charge in [-0.15, -0.1) is 0 Å². The predicted molar refractivity (Wildman–Crippen MR) is 73.9 cm³/mol. The summed E-state index contributed by atoms with van der Waals surface area (Å²) in [5.74, 6) is 0. The first-order valence-electron chi connectivity index (χ1n) is 6.37. The molecule has 0 radical (unpaired) electrons. The van der Waals surface area contributed by atoms with Gasteiger partial charge in [-0.25, -0.2) is 0 Å². The zero-order valence-corrected chi connectivity index (χ0v) is 12.2. The molecule has 0 fully saturated rings. The zero-order valence-electron chi connectivity index (χ0n) is 12.2. The lowest BCUT2D eigenvalue weighted by atomic mass is 10.1. The Morgan fingerprint density at radius 3 is 2.50 bits per heavy atom. The van der Waals surface area contributed by atoms with E-state index in [2.05, 4.69) is 5.32 Å². The normalized spacial score (nSPS) is 13.3. The molecule has 0 spiro atoms. The molecule has 0 bridgehead atoms. The number of hydrogen-bond donors (Lipinski definition) is 1. The predicted octanol–water partition coefficient (Wildman–Crippen LogP) is 2.90. The highest BCUT2D eigenvalue weighted by Gasteiger charge is 2.35. The van der Waals surface area contributed by atoms with Crippen molar-refractivity contribution in [2.75, 3.05) is 32.7 Å². The Balaban J connectivity index is 3.18. The van der Waals surface area contributed by atoms with Crippen molar-refractivity contribution in [3.05, 3.63) is 29.3 Å². The third-order valence-electron chi connectivity index (χ3n) is 3.20. The number of likely N-dealkylation sites (N-methyl/N-ethyl adjacent to an activating group) is 1. The number of methoxy groups -OCH3 is 1. The molecule has 1 aromatic carbocycles. The molecule has 1 aromatic rings. The van der Waals surface area contributed by atoms with Gasteiger partial charge in [0.05, 0.1) is 12.2 Å². The van der Waals surface area contributed by atoms with Gasteiger partial charge in [-0.3, -0.25) is 0 Å². The van der Waals surface area contributed by atoms with E-state index in [4.69, 9.17) is 4.74 Å². The summed E-state index contributed by atoms with van der Waals surface area (Å²) in [6.07, 6.45) is -4.37. The molecule has 114 valence electrons. The first-order valence-corrected chi connectivity index (χ1v) is 6.37.